The van der Waals surface area contributed by atoms with Gasteiger partial charge in [-0.2, -0.15) is 0 Å². The average Bonchev–Trinajstić information content (AvgIpc) is 3.43. The second-order valence-electron chi connectivity index (χ2n) is 19.9. The van der Waals surface area contributed by atoms with Crippen LogP contribution in [-0.4, -0.2) is 214 Å². The number of nitrogens with zero attached hydrogens (tertiary/aromatic N) is 3. The zero-order valence-electron chi connectivity index (χ0n) is 48.0. The summed E-state index contributed by atoms with van der Waals surface area (Å²) >= 11 is 0. The number of aliphatic hydroxyl groups excluding tert-OH is 1. The molecule has 0 unspecified atom stereocenters. The van der Waals surface area contributed by atoms with Gasteiger partial charge in [0.25, 0.3) is 0 Å². The van der Waals surface area contributed by atoms with Crippen LogP contribution in [0.3, 0.4) is 0 Å². The van der Waals surface area contributed by atoms with E-state index in [2.05, 4.69) is 60.1 Å². The fourth-order valence-corrected chi connectivity index (χ4v) is 7.61. The lowest BCUT2D eigenvalue weighted by atomic mass is 10.0. The Morgan fingerprint density at radius 1 is 0.610 bits per heavy atom. The molecule has 1 aliphatic rings. The van der Waals surface area contributed by atoms with E-state index in [9.17, 15) is 83.1 Å². The van der Waals surface area contributed by atoms with E-state index in [1.807, 2.05) is 0 Å². The van der Waals surface area contributed by atoms with Gasteiger partial charge in [0.1, 0.15) is 43.4 Å². The highest BCUT2D eigenvalue weighted by molar-refractivity contribution is 5.96. The molecule has 1 rings (SSSR count). The minimum atomic E-state index is -1.70. The largest absolute Gasteiger partial charge is 0.462 e. The van der Waals surface area contributed by atoms with Crippen LogP contribution in [-0.2, 0) is 67.1 Å². The van der Waals surface area contributed by atoms with Gasteiger partial charge in [0.2, 0.25) is 70.9 Å². The number of nitrogens with one attached hydrogen (secondary N) is 10. The van der Waals surface area contributed by atoms with Crippen LogP contribution in [0.25, 0.3) is 0 Å². The third-order valence-electron chi connectivity index (χ3n) is 12.5. The first-order chi connectivity index (χ1) is 38.7. The van der Waals surface area contributed by atoms with Crippen molar-refractivity contribution >= 4 is 76.9 Å². The van der Waals surface area contributed by atoms with Crippen molar-refractivity contribution in [3.05, 3.63) is 12.2 Å². The highest BCUT2D eigenvalue weighted by Crippen LogP contribution is 2.08. The molecule has 82 heavy (non-hydrogen) atoms. The Labute approximate surface area is 476 Å². The molecule has 7 atom stereocenters. The summed E-state index contributed by atoms with van der Waals surface area (Å²) in [5.41, 5.74) is 0. The standard InChI is InChI=1S/C51H87N13O18/c1-8-9-10-11-12-13-14-21-41(69)58-40-30-82-44(72)28-55-47(74)37(19-16-23-63(80)34(6)67)57-42(70)26-53-46(73)32(4)52-25-36(18-15-22-62(79)33(5)66)56-49(76)39(29-65)60-51(78)45(31(2)3)61-43(71)27-54-48(75)38(59-50(40)77)20-17-24-64(81)35(7)68/h13-14,31-32,36-40,45,52,65,79-81H,8-12,15-30H2,1-7H3,(H,53,73)(H,54,75)(H,55,74)(H,56,76)(H,57,70)(H,58,69)(H,59,77)(H,60,78)(H,61,71)/b14-13-/t32-,36-,37-,38+,39-,40-,45+/m0/s1. The first-order valence-corrected chi connectivity index (χ1v) is 27.4. The smallest absolute Gasteiger partial charge is 0.325 e. The van der Waals surface area contributed by atoms with Crippen molar-refractivity contribution in [2.24, 2.45) is 5.92 Å². The molecule has 464 valence electrons. The zero-order valence-corrected chi connectivity index (χ0v) is 48.0. The minimum absolute atomic E-state index is 0.0566. The Hall–Kier alpha value is -7.35. The van der Waals surface area contributed by atoms with Crippen molar-refractivity contribution < 1.29 is 87.8 Å². The van der Waals surface area contributed by atoms with E-state index in [-0.39, 0.29) is 71.1 Å². The summed E-state index contributed by atoms with van der Waals surface area (Å²) in [5, 5.41) is 66.0. The molecule has 0 aromatic carbocycles. The summed E-state index contributed by atoms with van der Waals surface area (Å²) in [4.78, 5) is 170. The topological polar surface area (TPSA) is 442 Å². The molecule has 1 fully saturated rings. The van der Waals surface area contributed by atoms with Crippen LogP contribution in [0, 0.1) is 5.92 Å². The molecular weight excluding hydrogens is 1080 g/mol. The van der Waals surface area contributed by atoms with Crippen molar-refractivity contribution in [2.45, 2.75) is 168 Å². The van der Waals surface area contributed by atoms with Crippen LogP contribution < -0.4 is 53.2 Å². The molecule has 14 N–H and O–H groups in total. The summed E-state index contributed by atoms with van der Waals surface area (Å²) in [6.07, 6.45) is 7.18. The van der Waals surface area contributed by atoms with Gasteiger partial charge in [-0.05, 0) is 64.2 Å². The zero-order chi connectivity index (χ0) is 61.9. The number of unbranched alkanes of at least 4 members (excludes halogenated alkanes) is 4. The number of rotatable bonds is 22. The Bertz CT molecular complexity index is 2180. The predicted octanol–water partition coefficient (Wildman–Crippen LogP) is -3.60. The number of carbonyl (C=O) groups excluding carboxylic acids is 13. The van der Waals surface area contributed by atoms with Crippen molar-refractivity contribution in [1.29, 1.82) is 0 Å². The van der Waals surface area contributed by atoms with Crippen LogP contribution in [0.2, 0.25) is 0 Å². The predicted molar refractivity (Wildman–Crippen MR) is 289 cm³/mol. The molecule has 31 nitrogen and oxygen atoms in total. The van der Waals surface area contributed by atoms with Gasteiger partial charge in [-0.1, -0.05) is 52.2 Å². The second kappa shape index (κ2) is 39.9. The average molecular weight is 1170 g/mol. The van der Waals surface area contributed by atoms with E-state index in [4.69, 9.17) is 4.74 Å². The lowest BCUT2D eigenvalue weighted by molar-refractivity contribution is -0.163. The van der Waals surface area contributed by atoms with Crippen molar-refractivity contribution in [3.63, 3.8) is 0 Å². The first-order valence-electron chi connectivity index (χ1n) is 27.4. The van der Waals surface area contributed by atoms with Gasteiger partial charge < -0.3 is 63.0 Å². The molecule has 31 heteroatoms. The van der Waals surface area contributed by atoms with E-state index >= 15 is 0 Å². The van der Waals surface area contributed by atoms with E-state index in [1.54, 1.807) is 26.0 Å². The third kappa shape index (κ3) is 30.5. The van der Waals surface area contributed by atoms with Crippen LogP contribution >= 0.6 is 0 Å². The number of carbonyl (C=O) groups is 13. The van der Waals surface area contributed by atoms with Gasteiger partial charge in [-0.25, -0.2) is 15.2 Å². The first kappa shape index (κ1) is 72.7. The number of ether oxygens (including phenoxy) is 1. The van der Waals surface area contributed by atoms with Crippen molar-refractivity contribution in [1.82, 2.24) is 68.4 Å². The lowest BCUT2D eigenvalue weighted by Gasteiger charge is -2.27. The molecule has 1 aliphatic heterocycles. The Kier molecular flexibility index (Phi) is 35.4. The maximum atomic E-state index is 14.0. The molecule has 0 spiro atoms. The maximum Gasteiger partial charge on any atom is 0.325 e. The van der Waals surface area contributed by atoms with E-state index in [1.165, 1.54) is 6.92 Å². The number of esters is 1. The van der Waals surface area contributed by atoms with E-state index < -0.39 is 158 Å². The fourth-order valence-electron chi connectivity index (χ4n) is 7.61. The number of aliphatic hydroxyl groups is 1. The van der Waals surface area contributed by atoms with E-state index in [0.717, 1.165) is 46.5 Å². The number of amides is 12. The van der Waals surface area contributed by atoms with Crippen LogP contribution in [0.1, 0.15) is 126 Å². The number of allylic oxidation sites excluding steroid dienone is 1. The molecule has 0 aliphatic carbocycles. The summed E-state index contributed by atoms with van der Waals surface area (Å²) in [7, 11) is 0. The lowest BCUT2D eigenvalue weighted by Crippen LogP contribution is -2.59. The summed E-state index contributed by atoms with van der Waals surface area (Å²) in [6, 6.07) is -9.65. The van der Waals surface area contributed by atoms with Gasteiger partial charge in [0, 0.05) is 59.4 Å². The molecule has 1 saturated heterocycles. The number of hydroxylamine groups is 6. The molecule has 0 radical (unpaired) electrons. The normalized spacial score (nSPS) is 22.1. The van der Waals surface area contributed by atoms with Crippen molar-refractivity contribution in [2.75, 3.05) is 59.0 Å². The van der Waals surface area contributed by atoms with Crippen molar-refractivity contribution in [3.8, 4) is 0 Å². The summed E-state index contributed by atoms with van der Waals surface area (Å²) < 4.78 is 5.30. The Balaban J connectivity index is 3.74. The highest BCUT2D eigenvalue weighted by Gasteiger charge is 2.32. The SMILES string of the molecule is CCCCCC/C=C\CC(=O)N[C@H]1COC(=O)CNC(=O)[C@H](CCCN(O)C(C)=O)NC(=O)CNC(=O)[C@H](C)NC[C@H](CCCN(O)C(C)=O)NC(=O)[C@H](CO)NC(=O)[C@@H](C(C)C)NC(=O)CNC(=O)[C@@H](CCCN(O)C(C)=O)NC1=O. The Morgan fingerprint density at radius 3 is 1.66 bits per heavy atom. The molecule has 0 bridgehead atoms. The Morgan fingerprint density at radius 2 is 1.12 bits per heavy atom. The molecule has 0 aromatic rings. The summed E-state index contributed by atoms with van der Waals surface area (Å²) in [5.74, 6) is -12.1. The summed E-state index contributed by atoms with van der Waals surface area (Å²) in [6.45, 7) is 4.73. The van der Waals surface area contributed by atoms with Gasteiger partial charge in [0.05, 0.1) is 25.7 Å². The van der Waals surface area contributed by atoms with Crippen LogP contribution in [0.4, 0.5) is 0 Å². The maximum absolute atomic E-state index is 14.0. The second-order valence-corrected chi connectivity index (χ2v) is 19.9. The molecule has 1 heterocycles. The fraction of sp³-hybridized carbons (Fsp3) is 0.706. The van der Waals surface area contributed by atoms with Gasteiger partial charge >= 0.3 is 5.97 Å². The number of hydrogen-bond donors (Lipinski definition) is 14. The number of hydrogen-bond acceptors (Lipinski definition) is 19. The van der Waals surface area contributed by atoms with Crippen LogP contribution in [0.5, 0.6) is 0 Å². The van der Waals surface area contributed by atoms with E-state index in [0.29, 0.717) is 21.6 Å². The monoisotopic (exact) mass is 1170 g/mol. The quantitative estimate of drug-likeness (QED) is 0.0164. The molecule has 12 amide bonds. The minimum Gasteiger partial charge on any atom is -0.462 e. The molecular formula is C51H87N13O18. The molecule has 0 saturated carbocycles. The molecule has 0 aromatic heterocycles. The highest BCUT2D eigenvalue weighted by atomic mass is 16.5. The van der Waals surface area contributed by atoms with Gasteiger partial charge in [-0.3, -0.25) is 78.0 Å². The third-order valence-corrected chi connectivity index (χ3v) is 12.5. The van der Waals surface area contributed by atoms with Gasteiger partial charge in [-0.15, -0.1) is 0 Å². The van der Waals surface area contributed by atoms with Gasteiger partial charge in [0.15, 0.2) is 0 Å². The number of cyclic esters (lactones) is 1. The van der Waals surface area contributed by atoms with Crippen LogP contribution in [0.15, 0.2) is 12.2 Å².